The summed E-state index contributed by atoms with van der Waals surface area (Å²) in [6.45, 7) is 3.00. The SMILES string of the molecule is Cc1ccc(SCCn2cc(CCBr)nn2)cc1. The molecule has 2 rings (SSSR count). The van der Waals surface area contributed by atoms with Gasteiger partial charge in [0.25, 0.3) is 0 Å². The van der Waals surface area contributed by atoms with Gasteiger partial charge in [0.1, 0.15) is 0 Å². The minimum Gasteiger partial charge on any atom is -0.251 e. The molecule has 1 aromatic carbocycles. The monoisotopic (exact) mass is 325 g/mol. The molecule has 0 amide bonds. The first-order chi connectivity index (χ1) is 8.78. The topological polar surface area (TPSA) is 30.7 Å². The Hall–Kier alpha value is -0.810. The molecule has 1 aromatic heterocycles. The van der Waals surface area contributed by atoms with Crippen LogP contribution in [0.25, 0.3) is 0 Å². The van der Waals surface area contributed by atoms with Crippen LogP contribution < -0.4 is 0 Å². The molecule has 18 heavy (non-hydrogen) atoms. The second-order valence-electron chi connectivity index (χ2n) is 4.07. The van der Waals surface area contributed by atoms with Crippen molar-refractivity contribution < 1.29 is 0 Å². The molecule has 0 atom stereocenters. The molecule has 0 N–H and O–H groups in total. The predicted molar refractivity (Wildman–Crippen MR) is 79.4 cm³/mol. The van der Waals surface area contributed by atoms with Gasteiger partial charge in [0, 0.05) is 28.6 Å². The molecule has 0 unspecified atom stereocenters. The van der Waals surface area contributed by atoms with Gasteiger partial charge < -0.3 is 0 Å². The molecule has 0 aliphatic rings. The minimum atomic E-state index is 0.897. The Morgan fingerprint density at radius 3 is 2.78 bits per heavy atom. The van der Waals surface area contributed by atoms with Crippen molar-refractivity contribution >= 4 is 27.7 Å². The first kappa shape index (κ1) is 13.6. The Kier molecular flexibility index (Phi) is 5.26. The van der Waals surface area contributed by atoms with Crippen LogP contribution in [-0.4, -0.2) is 26.1 Å². The van der Waals surface area contributed by atoms with Crippen LogP contribution in [0.4, 0.5) is 0 Å². The van der Waals surface area contributed by atoms with E-state index in [4.69, 9.17) is 0 Å². The molecule has 0 aliphatic carbocycles. The third-order valence-electron chi connectivity index (χ3n) is 2.55. The van der Waals surface area contributed by atoms with E-state index >= 15 is 0 Å². The molecule has 0 bridgehead atoms. The number of thioether (sulfide) groups is 1. The van der Waals surface area contributed by atoms with Gasteiger partial charge in [0.2, 0.25) is 0 Å². The van der Waals surface area contributed by atoms with Crippen molar-refractivity contribution in [2.24, 2.45) is 0 Å². The second-order valence-corrected chi connectivity index (χ2v) is 6.03. The average Bonchev–Trinajstić information content (AvgIpc) is 2.80. The van der Waals surface area contributed by atoms with Crippen molar-refractivity contribution in [3.05, 3.63) is 41.7 Å². The van der Waals surface area contributed by atoms with Crippen LogP contribution in [0.1, 0.15) is 11.3 Å². The van der Waals surface area contributed by atoms with E-state index in [2.05, 4.69) is 57.4 Å². The fraction of sp³-hybridized carbons (Fsp3) is 0.385. The van der Waals surface area contributed by atoms with Crippen LogP contribution in [0, 0.1) is 6.92 Å². The zero-order chi connectivity index (χ0) is 12.8. The number of nitrogens with zero attached hydrogens (tertiary/aromatic N) is 3. The van der Waals surface area contributed by atoms with Gasteiger partial charge in [-0.3, -0.25) is 4.68 Å². The Bertz CT molecular complexity index is 481. The Labute approximate surface area is 120 Å². The van der Waals surface area contributed by atoms with Gasteiger partial charge in [0.15, 0.2) is 0 Å². The number of benzene rings is 1. The van der Waals surface area contributed by atoms with E-state index < -0.39 is 0 Å². The maximum Gasteiger partial charge on any atom is 0.0835 e. The van der Waals surface area contributed by atoms with Gasteiger partial charge in [-0.15, -0.1) is 16.9 Å². The van der Waals surface area contributed by atoms with Gasteiger partial charge in [0.05, 0.1) is 12.2 Å². The third-order valence-corrected chi connectivity index (χ3v) is 3.94. The van der Waals surface area contributed by atoms with Crippen molar-refractivity contribution in [2.75, 3.05) is 11.1 Å². The molecule has 5 heteroatoms. The third kappa shape index (κ3) is 4.14. The van der Waals surface area contributed by atoms with Crippen LogP contribution in [-0.2, 0) is 13.0 Å². The van der Waals surface area contributed by atoms with Crippen molar-refractivity contribution in [3.8, 4) is 0 Å². The zero-order valence-electron chi connectivity index (χ0n) is 10.3. The van der Waals surface area contributed by atoms with E-state index in [1.807, 2.05) is 22.6 Å². The van der Waals surface area contributed by atoms with Crippen LogP contribution >= 0.6 is 27.7 Å². The molecular weight excluding hydrogens is 310 g/mol. The van der Waals surface area contributed by atoms with Gasteiger partial charge in [-0.1, -0.05) is 38.8 Å². The lowest BCUT2D eigenvalue weighted by molar-refractivity contribution is 0.632. The maximum atomic E-state index is 4.12. The van der Waals surface area contributed by atoms with E-state index in [-0.39, 0.29) is 0 Å². The number of alkyl halides is 1. The Balaban J connectivity index is 1.79. The Morgan fingerprint density at radius 2 is 2.06 bits per heavy atom. The summed E-state index contributed by atoms with van der Waals surface area (Å²) in [7, 11) is 0. The summed E-state index contributed by atoms with van der Waals surface area (Å²) in [5, 5.41) is 9.16. The van der Waals surface area contributed by atoms with Crippen LogP contribution in [0.3, 0.4) is 0 Å². The Morgan fingerprint density at radius 1 is 1.28 bits per heavy atom. The summed E-state index contributed by atoms with van der Waals surface area (Å²) in [6, 6.07) is 8.62. The van der Waals surface area contributed by atoms with Crippen molar-refractivity contribution in [3.63, 3.8) is 0 Å². The van der Waals surface area contributed by atoms with Crippen LogP contribution in [0.2, 0.25) is 0 Å². The van der Waals surface area contributed by atoms with Crippen molar-refractivity contribution in [1.29, 1.82) is 0 Å². The first-order valence-electron chi connectivity index (χ1n) is 5.92. The quantitative estimate of drug-likeness (QED) is 0.603. The highest BCUT2D eigenvalue weighted by molar-refractivity contribution is 9.09. The maximum absolute atomic E-state index is 4.12. The lowest BCUT2D eigenvalue weighted by Crippen LogP contribution is -2.00. The number of aromatic nitrogens is 3. The van der Waals surface area contributed by atoms with E-state index in [0.717, 1.165) is 29.7 Å². The molecule has 0 radical (unpaired) electrons. The molecule has 0 spiro atoms. The van der Waals surface area contributed by atoms with E-state index in [1.54, 1.807) is 0 Å². The van der Waals surface area contributed by atoms with Gasteiger partial charge >= 0.3 is 0 Å². The molecule has 0 saturated carbocycles. The number of halogens is 1. The predicted octanol–water partition coefficient (Wildman–Crippen LogP) is 3.32. The molecule has 3 nitrogen and oxygen atoms in total. The fourth-order valence-corrected chi connectivity index (χ4v) is 2.80. The highest BCUT2D eigenvalue weighted by Crippen LogP contribution is 2.18. The standard InChI is InChI=1S/C13H16BrN3S/c1-11-2-4-13(5-3-11)18-9-8-17-10-12(6-7-14)15-16-17/h2-5,10H,6-9H2,1H3. The zero-order valence-corrected chi connectivity index (χ0v) is 12.7. The summed E-state index contributed by atoms with van der Waals surface area (Å²) in [5.41, 5.74) is 2.35. The highest BCUT2D eigenvalue weighted by Gasteiger charge is 2.00. The van der Waals surface area contributed by atoms with E-state index in [0.29, 0.717) is 0 Å². The van der Waals surface area contributed by atoms with Crippen molar-refractivity contribution in [1.82, 2.24) is 15.0 Å². The molecule has 96 valence electrons. The van der Waals surface area contributed by atoms with Crippen LogP contribution in [0.5, 0.6) is 0 Å². The molecule has 0 aliphatic heterocycles. The van der Waals surface area contributed by atoms with Gasteiger partial charge in [-0.05, 0) is 19.1 Å². The van der Waals surface area contributed by atoms with Crippen molar-refractivity contribution in [2.45, 2.75) is 24.8 Å². The summed E-state index contributed by atoms with van der Waals surface area (Å²) >= 11 is 5.25. The van der Waals surface area contributed by atoms with Crippen LogP contribution in [0.15, 0.2) is 35.4 Å². The molecule has 0 saturated heterocycles. The molecule has 2 aromatic rings. The number of rotatable bonds is 6. The summed E-state index contributed by atoms with van der Waals surface area (Å²) in [6.07, 6.45) is 2.96. The second kappa shape index (κ2) is 6.95. The smallest absolute Gasteiger partial charge is 0.0835 e. The summed E-state index contributed by atoms with van der Waals surface area (Å²) in [5.74, 6) is 1.01. The van der Waals surface area contributed by atoms with Gasteiger partial charge in [-0.2, -0.15) is 0 Å². The molecule has 0 fully saturated rings. The normalized spacial score (nSPS) is 10.8. The van der Waals surface area contributed by atoms with Gasteiger partial charge in [-0.25, -0.2) is 0 Å². The number of aryl methyl sites for hydroxylation is 3. The lowest BCUT2D eigenvalue weighted by Gasteiger charge is -2.02. The molecular formula is C13H16BrN3S. The first-order valence-corrected chi connectivity index (χ1v) is 8.03. The summed E-state index contributed by atoms with van der Waals surface area (Å²) in [4.78, 5) is 1.31. The number of hydrogen-bond acceptors (Lipinski definition) is 3. The van der Waals surface area contributed by atoms with E-state index in [1.165, 1.54) is 10.5 Å². The average molecular weight is 326 g/mol. The largest absolute Gasteiger partial charge is 0.251 e. The lowest BCUT2D eigenvalue weighted by atomic mass is 10.2. The van der Waals surface area contributed by atoms with E-state index in [9.17, 15) is 0 Å². The summed E-state index contributed by atoms with van der Waals surface area (Å²) < 4.78 is 1.92. The minimum absolute atomic E-state index is 0.897. The fourth-order valence-electron chi connectivity index (χ4n) is 1.55. The number of hydrogen-bond donors (Lipinski definition) is 0. The molecule has 1 heterocycles. The highest BCUT2D eigenvalue weighted by atomic mass is 79.9.